The minimum Gasteiger partial charge on any atom is -0.469 e. The molecule has 130 valence electrons. The van der Waals surface area contributed by atoms with Gasteiger partial charge in [0.15, 0.2) is 6.23 Å². The van der Waals surface area contributed by atoms with Crippen LogP contribution in [0.25, 0.3) is 5.70 Å². The van der Waals surface area contributed by atoms with Crippen LogP contribution < -0.4 is 10.2 Å². The van der Waals surface area contributed by atoms with E-state index in [1.165, 1.54) is 16.0 Å². The Morgan fingerprint density at radius 3 is 2.65 bits per heavy atom. The largest absolute Gasteiger partial charge is 0.469 e. The number of ether oxygens (including phenoxy) is 1. The maximum Gasteiger partial charge on any atom is 0.195 e. The van der Waals surface area contributed by atoms with Crippen LogP contribution >= 0.6 is 11.3 Å². The Labute approximate surface area is 157 Å². The highest BCUT2D eigenvalue weighted by atomic mass is 32.1. The molecule has 3 aromatic rings. The molecule has 26 heavy (non-hydrogen) atoms. The quantitative estimate of drug-likeness (QED) is 0.685. The van der Waals surface area contributed by atoms with Crippen LogP contribution in [0.5, 0.6) is 5.75 Å². The van der Waals surface area contributed by atoms with Gasteiger partial charge in [-0.1, -0.05) is 55.5 Å². The van der Waals surface area contributed by atoms with Gasteiger partial charge in [-0.25, -0.2) is 0 Å². The van der Waals surface area contributed by atoms with E-state index in [4.69, 9.17) is 4.74 Å². The highest BCUT2D eigenvalue weighted by Gasteiger charge is 2.40. The lowest BCUT2D eigenvalue weighted by molar-refractivity contribution is -0.0326. The van der Waals surface area contributed by atoms with Gasteiger partial charge in [0.05, 0.1) is 16.6 Å². The molecule has 4 heteroatoms. The Balaban J connectivity index is 1.56. The van der Waals surface area contributed by atoms with E-state index in [0.717, 1.165) is 23.4 Å². The van der Waals surface area contributed by atoms with Crippen molar-refractivity contribution in [2.75, 3.05) is 0 Å². The smallest absolute Gasteiger partial charge is 0.195 e. The molecule has 0 aliphatic carbocycles. The van der Waals surface area contributed by atoms with Crippen LogP contribution in [0.1, 0.15) is 40.8 Å². The first-order valence-corrected chi connectivity index (χ1v) is 9.86. The third-order valence-electron chi connectivity index (χ3n) is 5.06. The number of benzene rings is 2. The van der Waals surface area contributed by atoms with Crippen LogP contribution in [0, 0.1) is 0 Å². The molecule has 2 atom stereocenters. The van der Waals surface area contributed by atoms with Crippen molar-refractivity contribution in [3.63, 3.8) is 0 Å². The number of aryl methyl sites for hydroxylation is 1. The summed E-state index contributed by atoms with van der Waals surface area (Å²) >= 11 is 1.75. The van der Waals surface area contributed by atoms with Crippen LogP contribution in [-0.4, -0.2) is 5.01 Å². The highest BCUT2D eigenvalue weighted by molar-refractivity contribution is 7.11. The summed E-state index contributed by atoms with van der Waals surface area (Å²) in [6.45, 7) is 2.18. The fourth-order valence-electron chi connectivity index (χ4n) is 3.65. The first kappa shape index (κ1) is 15.7. The van der Waals surface area contributed by atoms with E-state index < -0.39 is 0 Å². The number of hydrogen-bond donors (Lipinski definition) is 1. The summed E-state index contributed by atoms with van der Waals surface area (Å²) in [4.78, 5) is 1.25. The second-order valence-electron chi connectivity index (χ2n) is 6.62. The van der Waals surface area contributed by atoms with Crippen LogP contribution in [0.4, 0.5) is 0 Å². The second kappa shape index (κ2) is 6.31. The Morgan fingerprint density at radius 2 is 1.88 bits per heavy atom. The molecule has 3 nitrogen and oxygen atoms in total. The predicted molar refractivity (Wildman–Crippen MR) is 106 cm³/mol. The molecule has 5 rings (SSSR count). The Kier molecular flexibility index (Phi) is 3.80. The van der Waals surface area contributed by atoms with Crippen LogP contribution in [0.3, 0.4) is 0 Å². The standard InChI is InChI=1S/C22H20N2OS/c1-2-15-9-11-16(12-10-15)22-24-19(17-6-3-4-7-20(17)25-22)14-18(23-24)21-8-5-13-26-21/h3-14,19,22-23H,2H2,1H3. The summed E-state index contributed by atoms with van der Waals surface area (Å²) in [6, 6.07) is 21.5. The van der Waals surface area contributed by atoms with Crippen LogP contribution in [0.15, 0.2) is 72.1 Å². The van der Waals surface area contributed by atoms with Crippen molar-refractivity contribution < 1.29 is 4.74 Å². The average molecular weight is 360 g/mol. The average Bonchev–Trinajstić information content (AvgIpc) is 3.37. The van der Waals surface area contributed by atoms with Gasteiger partial charge in [0.1, 0.15) is 5.75 Å². The van der Waals surface area contributed by atoms with Gasteiger partial charge in [-0.3, -0.25) is 0 Å². The summed E-state index contributed by atoms with van der Waals surface area (Å²) in [5.41, 5.74) is 8.45. The molecule has 0 saturated carbocycles. The van der Waals surface area contributed by atoms with Gasteiger partial charge in [0.25, 0.3) is 0 Å². The maximum atomic E-state index is 6.40. The number of nitrogens with one attached hydrogen (secondary N) is 1. The molecule has 1 aromatic heterocycles. The number of rotatable bonds is 3. The molecule has 2 aliphatic rings. The molecular weight excluding hydrogens is 340 g/mol. The van der Waals surface area contributed by atoms with E-state index in [0.29, 0.717) is 0 Å². The lowest BCUT2D eigenvalue weighted by Crippen LogP contribution is -2.43. The van der Waals surface area contributed by atoms with E-state index in [1.54, 1.807) is 11.3 Å². The van der Waals surface area contributed by atoms with E-state index in [2.05, 4.69) is 83.4 Å². The molecule has 3 heterocycles. The fraction of sp³-hybridized carbons (Fsp3) is 0.182. The lowest BCUT2D eigenvalue weighted by atomic mass is 10.0. The van der Waals surface area contributed by atoms with Gasteiger partial charge >= 0.3 is 0 Å². The van der Waals surface area contributed by atoms with Gasteiger partial charge < -0.3 is 10.2 Å². The lowest BCUT2D eigenvalue weighted by Gasteiger charge is -2.38. The van der Waals surface area contributed by atoms with E-state index in [-0.39, 0.29) is 12.3 Å². The summed E-state index contributed by atoms with van der Waals surface area (Å²) in [7, 11) is 0. The number of para-hydroxylation sites is 1. The molecule has 2 aromatic carbocycles. The monoisotopic (exact) mass is 360 g/mol. The number of hydrazine groups is 1. The molecule has 0 bridgehead atoms. The maximum absolute atomic E-state index is 6.40. The van der Waals surface area contributed by atoms with Gasteiger partial charge in [-0.2, -0.15) is 5.01 Å². The van der Waals surface area contributed by atoms with Crippen molar-refractivity contribution in [1.82, 2.24) is 10.4 Å². The Hall–Kier alpha value is -2.56. The fourth-order valence-corrected chi connectivity index (χ4v) is 4.35. The van der Waals surface area contributed by atoms with Gasteiger partial charge in [-0.15, -0.1) is 11.3 Å². The molecular formula is C22H20N2OS. The van der Waals surface area contributed by atoms with E-state index in [1.807, 2.05) is 6.07 Å². The number of nitrogens with zero attached hydrogens (tertiary/aromatic N) is 1. The zero-order chi connectivity index (χ0) is 17.5. The van der Waals surface area contributed by atoms with E-state index >= 15 is 0 Å². The molecule has 0 spiro atoms. The van der Waals surface area contributed by atoms with Crippen molar-refractivity contribution in [3.8, 4) is 5.75 Å². The summed E-state index contributed by atoms with van der Waals surface area (Å²) in [6.07, 6.45) is 3.19. The normalized spacial score (nSPS) is 21.3. The molecule has 0 amide bonds. The van der Waals surface area contributed by atoms with Crippen molar-refractivity contribution in [2.45, 2.75) is 25.6 Å². The Morgan fingerprint density at radius 1 is 1.04 bits per heavy atom. The van der Waals surface area contributed by atoms with Crippen molar-refractivity contribution in [2.24, 2.45) is 0 Å². The minimum absolute atomic E-state index is 0.158. The third-order valence-corrected chi connectivity index (χ3v) is 5.97. The second-order valence-corrected chi connectivity index (χ2v) is 7.57. The predicted octanol–water partition coefficient (Wildman–Crippen LogP) is 5.30. The first-order chi connectivity index (χ1) is 12.8. The molecule has 0 fully saturated rings. The zero-order valence-corrected chi connectivity index (χ0v) is 15.4. The molecule has 0 radical (unpaired) electrons. The molecule has 1 N–H and O–H groups in total. The number of thiophene rings is 1. The zero-order valence-electron chi connectivity index (χ0n) is 14.6. The highest BCUT2D eigenvalue weighted by Crippen LogP contribution is 2.46. The first-order valence-electron chi connectivity index (χ1n) is 8.98. The van der Waals surface area contributed by atoms with Crippen molar-refractivity contribution in [1.29, 1.82) is 0 Å². The van der Waals surface area contributed by atoms with Gasteiger partial charge in [0.2, 0.25) is 0 Å². The summed E-state index contributed by atoms with van der Waals surface area (Å²) in [5.74, 6) is 0.962. The van der Waals surface area contributed by atoms with E-state index in [9.17, 15) is 0 Å². The van der Waals surface area contributed by atoms with Gasteiger partial charge in [0, 0.05) is 11.1 Å². The number of hydrogen-bond acceptors (Lipinski definition) is 4. The Bertz CT molecular complexity index is 947. The van der Waals surface area contributed by atoms with Gasteiger partial charge in [-0.05, 0) is 35.6 Å². The van der Waals surface area contributed by atoms with Crippen molar-refractivity contribution >= 4 is 17.0 Å². The summed E-state index contributed by atoms with van der Waals surface area (Å²) in [5, 5.41) is 4.33. The van der Waals surface area contributed by atoms with Crippen LogP contribution in [0.2, 0.25) is 0 Å². The minimum atomic E-state index is -0.158. The molecule has 0 saturated heterocycles. The molecule has 2 aliphatic heterocycles. The SMILES string of the molecule is CCc1ccc(C2Oc3ccccc3C3C=C(c4cccs4)NN32)cc1. The number of fused-ring (bicyclic) bond motifs is 3. The van der Waals surface area contributed by atoms with Crippen molar-refractivity contribution in [3.05, 3.63) is 93.7 Å². The summed E-state index contributed by atoms with van der Waals surface area (Å²) < 4.78 is 6.40. The molecule has 2 unspecified atom stereocenters. The van der Waals surface area contributed by atoms with Crippen LogP contribution in [-0.2, 0) is 6.42 Å². The topological polar surface area (TPSA) is 24.5 Å². The third kappa shape index (κ3) is 2.54.